The monoisotopic (exact) mass is 325 g/mol. The summed E-state index contributed by atoms with van der Waals surface area (Å²) in [7, 11) is 2.16. The zero-order valence-electron chi connectivity index (χ0n) is 14.9. The highest BCUT2D eigenvalue weighted by atomic mass is 16.5. The van der Waals surface area contributed by atoms with Crippen LogP contribution in [0.15, 0.2) is 48.5 Å². The van der Waals surface area contributed by atoms with Gasteiger partial charge < -0.3 is 14.4 Å². The Hall–Kier alpha value is -1.84. The molecule has 1 unspecified atom stereocenters. The number of rotatable bonds is 6. The van der Waals surface area contributed by atoms with Crippen molar-refractivity contribution in [2.45, 2.75) is 45.6 Å². The van der Waals surface area contributed by atoms with Gasteiger partial charge in [0, 0.05) is 12.6 Å². The van der Waals surface area contributed by atoms with Crippen LogP contribution >= 0.6 is 0 Å². The molecule has 0 N–H and O–H groups in total. The highest BCUT2D eigenvalue weighted by Crippen LogP contribution is 2.20. The molecule has 2 atom stereocenters. The summed E-state index contributed by atoms with van der Waals surface area (Å²) in [5, 5.41) is 0. The van der Waals surface area contributed by atoms with Crippen molar-refractivity contribution in [1.29, 1.82) is 0 Å². The predicted molar refractivity (Wildman–Crippen MR) is 97.2 cm³/mol. The molecule has 2 aromatic rings. The summed E-state index contributed by atoms with van der Waals surface area (Å²) in [4.78, 5) is 2.35. The second-order valence-electron chi connectivity index (χ2n) is 6.88. The van der Waals surface area contributed by atoms with E-state index < -0.39 is 0 Å². The van der Waals surface area contributed by atoms with Gasteiger partial charge in [0.1, 0.15) is 12.4 Å². The van der Waals surface area contributed by atoms with Crippen LogP contribution in [0, 0.1) is 6.92 Å². The first-order valence-electron chi connectivity index (χ1n) is 8.69. The Bertz CT molecular complexity index is 626. The molecular weight excluding hydrogens is 298 g/mol. The van der Waals surface area contributed by atoms with Gasteiger partial charge in [-0.25, -0.2) is 0 Å². The Morgan fingerprint density at radius 2 is 1.58 bits per heavy atom. The van der Waals surface area contributed by atoms with Crippen molar-refractivity contribution >= 4 is 0 Å². The predicted octanol–water partition coefficient (Wildman–Crippen LogP) is 4.18. The van der Waals surface area contributed by atoms with E-state index in [1.54, 1.807) is 0 Å². The smallest absolute Gasteiger partial charge is 0.119 e. The second kappa shape index (κ2) is 7.82. The molecule has 2 aromatic carbocycles. The van der Waals surface area contributed by atoms with Crippen LogP contribution in [0.1, 0.15) is 30.0 Å². The maximum atomic E-state index is 6.03. The molecule has 1 saturated heterocycles. The summed E-state index contributed by atoms with van der Waals surface area (Å²) in [6, 6.07) is 17.3. The van der Waals surface area contributed by atoms with Crippen LogP contribution in [-0.2, 0) is 18.0 Å². The quantitative estimate of drug-likeness (QED) is 0.795. The molecule has 24 heavy (non-hydrogen) atoms. The number of likely N-dealkylation sites (N-methyl/N-ethyl adjacent to an activating group) is 1. The van der Waals surface area contributed by atoms with Gasteiger partial charge in [-0.1, -0.05) is 42.0 Å². The van der Waals surface area contributed by atoms with Gasteiger partial charge in [-0.15, -0.1) is 0 Å². The van der Waals surface area contributed by atoms with E-state index in [2.05, 4.69) is 62.2 Å². The minimum atomic E-state index is 0.350. The first-order valence-corrected chi connectivity index (χ1v) is 8.69. The molecule has 1 heterocycles. The largest absolute Gasteiger partial charge is 0.489 e. The van der Waals surface area contributed by atoms with E-state index in [0.717, 1.165) is 18.7 Å². The SMILES string of the molecule is Cc1ccc(COc2ccc(CO[C@@H]3CC(C)N(C)C3)cc2)cc1. The standard InChI is InChI=1S/C21H27NO2/c1-16-4-6-18(7-5-16)14-23-20-10-8-19(9-11-20)15-24-21-12-17(2)22(3)13-21/h4-11,17,21H,12-15H2,1-3H3/t17?,21-/m1/s1. The van der Waals surface area contributed by atoms with E-state index >= 15 is 0 Å². The van der Waals surface area contributed by atoms with Crippen LogP contribution in [0.5, 0.6) is 5.75 Å². The molecule has 0 aliphatic carbocycles. The second-order valence-corrected chi connectivity index (χ2v) is 6.88. The minimum Gasteiger partial charge on any atom is -0.489 e. The number of likely N-dealkylation sites (tertiary alicyclic amines) is 1. The summed E-state index contributed by atoms with van der Waals surface area (Å²) >= 11 is 0. The first kappa shape index (κ1) is 17.0. The number of hydrogen-bond donors (Lipinski definition) is 0. The van der Waals surface area contributed by atoms with Gasteiger partial charge >= 0.3 is 0 Å². The molecule has 3 heteroatoms. The molecular formula is C21H27NO2. The molecule has 0 saturated carbocycles. The third-order valence-corrected chi connectivity index (χ3v) is 4.78. The fraction of sp³-hybridized carbons (Fsp3) is 0.429. The first-order chi connectivity index (χ1) is 11.6. The van der Waals surface area contributed by atoms with E-state index in [0.29, 0.717) is 25.4 Å². The minimum absolute atomic E-state index is 0.350. The lowest BCUT2D eigenvalue weighted by molar-refractivity contribution is 0.0481. The molecule has 3 rings (SSSR count). The number of aryl methyl sites for hydroxylation is 1. The number of benzene rings is 2. The molecule has 0 amide bonds. The molecule has 0 spiro atoms. The summed E-state index contributed by atoms with van der Waals surface area (Å²) in [6.07, 6.45) is 1.47. The molecule has 3 nitrogen and oxygen atoms in total. The average molecular weight is 325 g/mol. The van der Waals surface area contributed by atoms with Crippen molar-refractivity contribution in [3.8, 4) is 5.75 Å². The van der Waals surface area contributed by atoms with Gasteiger partial charge in [0.05, 0.1) is 12.7 Å². The Labute approximate surface area is 145 Å². The molecule has 128 valence electrons. The van der Waals surface area contributed by atoms with E-state index in [1.807, 2.05) is 12.1 Å². The summed E-state index contributed by atoms with van der Waals surface area (Å²) < 4.78 is 11.9. The van der Waals surface area contributed by atoms with Crippen LogP contribution < -0.4 is 4.74 Å². The van der Waals surface area contributed by atoms with Crippen LogP contribution in [0.25, 0.3) is 0 Å². The zero-order valence-corrected chi connectivity index (χ0v) is 14.9. The van der Waals surface area contributed by atoms with Crippen molar-refractivity contribution in [3.63, 3.8) is 0 Å². The van der Waals surface area contributed by atoms with Crippen LogP contribution in [-0.4, -0.2) is 30.6 Å². The lowest BCUT2D eigenvalue weighted by Crippen LogP contribution is -2.22. The molecule has 1 aliphatic rings. The van der Waals surface area contributed by atoms with E-state index in [9.17, 15) is 0 Å². The lowest BCUT2D eigenvalue weighted by Gasteiger charge is -2.13. The third kappa shape index (κ3) is 4.59. The third-order valence-electron chi connectivity index (χ3n) is 4.78. The van der Waals surface area contributed by atoms with E-state index in [-0.39, 0.29) is 0 Å². The fourth-order valence-corrected chi connectivity index (χ4v) is 3.00. The van der Waals surface area contributed by atoms with Crippen LogP contribution in [0.3, 0.4) is 0 Å². The highest BCUT2D eigenvalue weighted by molar-refractivity contribution is 5.28. The maximum absolute atomic E-state index is 6.03. The molecule has 1 fully saturated rings. The molecule has 1 aliphatic heterocycles. The van der Waals surface area contributed by atoms with Gasteiger partial charge in [-0.2, -0.15) is 0 Å². The Kier molecular flexibility index (Phi) is 5.54. The molecule has 0 aromatic heterocycles. The normalized spacial score (nSPS) is 21.1. The fourth-order valence-electron chi connectivity index (χ4n) is 3.00. The number of hydrogen-bond acceptors (Lipinski definition) is 3. The van der Waals surface area contributed by atoms with Crippen molar-refractivity contribution in [2.24, 2.45) is 0 Å². The maximum Gasteiger partial charge on any atom is 0.119 e. The number of ether oxygens (including phenoxy) is 2. The Balaban J connectivity index is 1.46. The molecule has 0 radical (unpaired) electrons. The van der Waals surface area contributed by atoms with Crippen molar-refractivity contribution in [2.75, 3.05) is 13.6 Å². The lowest BCUT2D eigenvalue weighted by atomic mass is 10.2. The summed E-state index contributed by atoms with van der Waals surface area (Å²) in [5.74, 6) is 0.897. The van der Waals surface area contributed by atoms with Gasteiger partial charge in [-0.3, -0.25) is 0 Å². The molecule has 0 bridgehead atoms. The average Bonchev–Trinajstić information content (AvgIpc) is 2.91. The summed E-state index contributed by atoms with van der Waals surface area (Å²) in [6.45, 7) is 6.64. The van der Waals surface area contributed by atoms with Crippen molar-refractivity contribution < 1.29 is 9.47 Å². The Morgan fingerprint density at radius 1 is 0.958 bits per heavy atom. The van der Waals surface area contributed by atoms with Gasteiger partial charge in [0.15, 0.2) is 0 Å². The topological polar surface area (TPSA) is 21.7 Å². The zero-order chi connectivity index (χ0) is 16.9. The van der Waals surface area contributed by atoms with Crippen LogP contribution in [0.2, 0.25) is 0 Å². The van der Waals surface area contributed by atoms with Crippen molar-refractivity contribution in [3.05, 3.63) is 65.2 Å². The van der Waals surface area contributed by atoms with E-state index in [1.165, 1.54) is 16.7 Å². The van der Waals surface area contributed by atoms with Gasteiger partial charge in [0.25, 0.3) is 0 Å². The van der Waals surface area contributed by atoms with E-state index in [4.69, 9.17) is 9.47 Å². The van der Waals surface area contributed by atoms with Gasteiger partial charge in [-0.05, 0) is 50.6 Å². The highest BCUT2D eigenvalue weighted by Gasteiger charge is 2.26. The number of nitrogens with zero attached hydrogens (tertiary/aromatic N) is 1. The van der Waals surface area contributed by atoms with Crippen molar-refractivity contribution in [1.82, 2.24) is 4.90 Å². The summed E-state index contributed by atoms with van der Waals surface area (Å²) in [5.41, 5.74) is 3.65. The van der Waals surface area contributed by atoms with Gasteiger partial charge in [0.2, 0.25) is 0 Å². The Morgan fingerprint density at radius 3 is 2.21 bits per heavy atom. The van der Waals surface area contributed by atoms with Crippen LogP contribution in [0.4, 0.5) is 0 Å².